The van der Waals surface area contributed by atoms with Gasteiger partial charge in [0.15, 0.2) is 0 Å². The third-order valence-electron chi connectivity index (χ3n) is 6.23. The maximum Gasteiger partial charge on any atom is 0.256 e. The number of rotatable bonds is 5. The topological polar surface area (TPSA) is 125 Å². The van der Waals surface area contributed by atoms with E-state index in [2.05, 4.69) is 10.6 Å². The van der Waals surface area contributed by atoms with Gasteiger partial charge in [0.05, 0.1) is 29.1 Å². The molecule has 3 heterocycles. The average molecular weight is 521 g/mol. The van der Waals surface area contributed by atoms with Gasteiger partial charge in [-0.05, 0) is 50.1 Å². The molecule has 0 saturated carbocycles. The van der Waals surface area contributed by atoms with Gasteiger partial charge < -0.3 is 20.3 Å². The van der Waals surface area contributed by atoms with Crippen LogP contribution in [0.4, 0.5) is 5.00 Å². The summed E-state index contributed by atoms with van der Waals surface area (Å²) in [4.78, 5) is 40.0. The summed E-state index contributed by atoms with van der Waals surface area (Å²) in [5.41, 5.74) is 0.820. The summed E-state index contributed by atoms with van der Waals surface area (Å²) < 4.78 is 32.7. The van der Waals surface area contributed by atoms with Gasteiger partial charge in [0, 0.05) is 31.0 Å². The van der Waals surface area contributed by atoms with E-state index >= 15 is 0 Å². The largest absolute Gasteiger partial charge is 0.363 e. The number of hydrogen-bond donors (Lipinski definition) is 2. The van der Waals surface area contributed by atoms with Crippen molar-refractivity contribution >= 4 is 44.1 Å². The first kappa shape index (κ1) is 25.3. The highest BCUT2D eigenvalue weighted by Gasteiger charge is 2.42. The van der Waals surface area contributed by atoms with Crippen LogP contribution in [-0.4, -0.2) is 67.8 Å². The van der Waals surface area contributed by atoms with Gasteiger partial charge in [-0.3, -0.25) is 14.4 Å². The van der Waals surface area contributed by atoms with Crippen LogP contribution in [-0.2, 0) is 32.5 Å². The summed E-state index contributed by atoms with van der Waals surface area (Å²) in [7, 11) is -2.27. The third-order valence-corrected chi connectivity index (χ3v) is 9.41. The number of carbonyl (C=O) groups is 3. The lowest BCUT2D eigenvalue weighted by atomic mass is 10.0. The van der Waals surface area contributed by atoms with E-state index < -0.39 is 21.5 Å². The summed E-state index contributed by atoms with van der Waals surface area (Å²) in [6, 6.07) is 5.67. The normalized spacial score (nSPS) is 17.7. The fraction of sp³-hybridized carbons (Fsp3) is 0.435. The number of nitrogens with one attached hydrogen (secondary N) is 2. The molecule has 0 atom stereocenters. The lowest BCUT2D eigenvalue weighted by Gasteiger charge is -2.28. The van der Waals surface area contributed by atoms with E-state index in [4.69, 9.17) is 4.74 Å². The molecule has 12 heteroatoms. The second-order valence-electron chi connectivity index (χ2n) is 9.10. The molecule has 1 fully saturated rings. The predicted molar refractivity (Wildman–Crippen MR) is 131 cm³/mol. The van der Waals surface area contributed by atoms with E-state index in [1.54, 1.807) is 18.7 Å². The van der Waals surface area contributed by atoms with Crippen molar-refractivity contribution in [3.05, 3.63) is 45.8 Å². The van der Waals surface area contributed by atoms with E-state index in [9.17, 15) is 22.8 Å². The van der Waals surface area contributed by atoms with Crippen LogP contribution in [0, 0.1) is 0 Å². The molecule has 0 radical (unpaired) electrons. The van der Waals surface area contributed by atoms with Crippen molar-refractivity contribution in [2.24, 2.45) is 0 Å². The molecule has 0 unspecified atom stereocenters. The van der Waals surface area contributed by atoms with Crippen LogP contribution < -0.4 is 10.6 Å². The molecule has 35 heavy (non-hydrogen) atoms. The van der Waals surface area contributed by atoms with Gasteiger partial charge in [0.1, 0.15) is 11.7 Å². The molecule has 4 rings (SSSR count). The van der Waals surface area contributed by atoms with Crippen LogP contribution in [0.5, 0.6) is 0 Å². The van der Waals surface area contributed by atoms with Gasteiger partial charge in [-0.25, -0.2) is 8.42 Å². The Morgan fingerprint density at radius 1 is 1.11 bits per heavy atom. The quantitative estimate of drug-likeness (QED) is 0.622. The molecule has 10 nitrogen and oxygen atoms in total. The summed E-state index contributed by atoms with van der Waals surface area (Å²) in [6.07, 6.45) is 0.521. The predicted octanol–water partition coefficient (Wildman–Crippen LogP) is 2.02. The number of sulfonamides is 1. The van der Waals surface area contributed by atoms with Crippen molar-refractivity contribution in [2.75, 3.05) is 32.2 Å². The van der Waals surface area contributed by atoms with Gasteiger partial charge in [-0.2, -0.15) is 4.31 Å². The molecule has 2 aliphatic heterocycles. The fourth-order valence-electron chi connectivity index (χ4n) is 4.23. The number of anilines is 1. The van der Waals surface area contributed by atoms with Crippen molar-refractivity contribution in [3.8, 4) is 0 Å². The summed E-state index contributed by atoms with van der Waals surface area (Å²) in [5.74, 6) is -0.827. The number of carbonyl (C=O) groups excluding carboxylic acids is 3. The zero-order valence-electron chi connectivity index (χ0n) is 20.0. The highest BCUT2D eigenvalue weighted by molar-refractivity contribution is 7.89. The molecule has 188 valence electrons. The number of ether oxygens (including phenoxy) is 1. The van der Waals surface area contributed by atoms with Crippen molar-refractivity contribution in [3.63, 3.8) is 0 Å². The highest BCUT2D eigenvalue weighted by Crippen LogP contribution is 2.37. The van der Waals surface area contributed by atoms with Crippen LogP contribution in [0.3, 0.4) is 0 Å². The van der Waals surface area contributed by atoms with Gasteiger partial charge in [-0.1, -0.05) is 0 Å². The van der Waals surface area contributed by atoms with E-state index in [0.29, 0.717) is 36.7 Å². The van der Waals surface area contributed by atoms with Gasteiger partial charge in [0.2, 0.25) is 15.9 Å². The van der Waals surface area contributed by atoms with Crippen molar-refractivity contribution in [1.29, 1.82) is 0 Å². The minimum Gasteiger partial charge on any atom is -0.363 e. The first-order chi connectivity index (χ1) is 16.5. The highest BCUT2D eigenvalue weighted by atomic mass is 32.2. The van der Waals surface area contributed by atoms with Crippen LogP contribution in [0.1, 0.15) is 51.9 Å². The molecular weight excluding hydrogens is 492 g/mol. The maximum atomic E-state index is 13.0. The number of benzene rings is 1. The van der Waals surface area contributed by atoms with Crippen LogP contribution in [0.2, 0.25) is 0 Å². The van der Waals surface area contributed by atoms with Gasteiger partial charge in [0.25, 0.3) is 11.8 Å². The second-order valence-corrected chi connectivity index (χ2v) is 12.1. The lowest BCUT2D eigenvalue weighted by molar-refractivity contribution is -0.129. The van der Waals surface area contributed by atoms with Crippen molar-refractivity contribution < 1.29 is 27.5 Å². The maximum absolute atomic E-state index is 13.0. The number of amides is 3. The first-order valence-electron chi connectivity index (χ1n) is 11.1. The van der Waals surface area contributed by atoms with E-state index in [0.717, 1.165) is 10.4 Å². The smallest absolute Gasteiger partial charge is 0.256 e. The van der Waals surface area contributed by atoms with Crippen LogP contribution in [0.15, 0.2) is 29.2 Å². The molecule has 1 saturated heterocycles. The number of fused-ring (bicyclic) bond motifs is 1. The van der Waals surface area contributed by atoms with E-state index in [1.807, 2.05) is 0 Å². The second kappa shape index (κ2) is 9.34. The minimum atomic E-state index is -3.79. The lowest BCUT2D eigenvalue weighted by Crippen LogP contribution is -2.44. The molecule has 0 bridgehead atoms. The Labute approximate surface area is 208 Å². The van der Waals surface area contributed by atoms with Gasteiger partial charge >= 0.3 is 0 Å². The zero-order chi connectivity index (χ0) is 25.5. The Morgan fingerprint density at radius 2 is 1.80 bits per heavy atom. The first-order valence-corrected chi connectivity index (χ1v) is 13.4. The zero-order valence-corrected chi connectivity index (χ0v) is 21.6. The third kappa shape index (κ3) is 4.70. The number of nitrogens with zero attached hydrogens (tertiary/aromatic N) is 2. The van der Waals surface area contributed by atoms with Gasteiger partial charge in [-0.15, -0.1) is 11.3 Å². The molecule has 2 N–H and O–H groups in total. The van der Waals surface area contributed by atoms with Crippen LogP contribution in [0.25, 0.3) is 0 Å². The Hall–Kier alpha value is -2.80. The molecular formula is C23H28N4O6S2. The minimum absolute atomic E-state index is 0.0239. The molecule has 3 amide bonds. The van der Waals surface area contributed by atoms with Crippen molar-refractivity contribution in [2.45, 2.75) is 44.2 Å². The Bertz CT molecular complexity index is 1280. The van der Waals surface area contributed by atoms with E-state index in [1.165, 1.54) is 53.9 Å². The summed E-state index contributed by atoms with van der Waals surface area (Å²) >= 11 is 1.27. The molecule has 0 spiro atoms. The molecule has 2 aliphatic rings. The van der Waals surface area contributed by atoms with Crippen molar-refractivity contribution in [1.82, 2.24) is 14.5 Å². The van der Waals surface area contributed by atoms with Crippen LogP contribution >= 0.6 is 11.3 Å². The number of thiophene rings is 1. The summed E-state index contributed by atoms with van der Waals surface area (Å²) in [6.45, 7) is 6.25. The monoisotopic (exact) mass is 520 g/mol. The SMILES string of the molecule is CNC(=O)c1c(NC(=O)c2ccc(S(=O)(=O)N3COCC3(C)C)cc2)sc2c1CCN(C(C)=O)C2. The Balaban J connectivity index is 1.58. The Kier molecular flexibility index (Phi) is 6.75. The van der Waals surface area contributed by atoms with E-state index in [-0.39, 0.29) is 29.0 Å². The Morgan fingerprint density at radius 3 is 2.37 bits per heavy atom. The summed E-state index contributed by atoms with van der Waals surface area (Å²) in [5, 5.41) is 5.82. The molecule has 2 aromatic rings. The molecule has 0 aliphatic carbocycles. The average Bonchev–Trinajstić information content (AvgIpc) is 3.37. The molecule has 1 aromatic carbocycles. The number of hydrogen-bond acceptors (Lipinski definition) is 7. The molecule has 1 aromatic heterocycles. The fourth-order valence-corrected chi connectivity index (χ4v) is 7.13. The standard InChI is InChI=1S/C23H28N4O6S2/c1-14(28)26-10-9-17-18(11-26)34-22(19(17)21(30)24-4)25-20(29)15-5-7-16(8-6-15)35(31,32)27-13-33-12-23(27,2)3/h5-8H,9-13H2,1-4H3,(H,24,30)(H,25,29).